The van der Waals surface area contributed by atoms with Gasteiger partial charge in [-0.2, -0.15) is 0 Å². The van der Waals surface area contributed by atoms with Gasteiger partial charge in [-0.15, -0.1) is 0 Å². The van der Waals surface area contributed by atoms with E-state index in [2.05, 4.69) is 5.32 Å². The van der Waals surface area contributed by atoms with Crippen LogP contribution in [0.1, 0.15) is 30.0 Å². The van der Waals surface area contributed by atoms with Crippen LogP contribution in [0.3, 0.4) is 0 Å². The first kappa shape index (κ1) is 13.9. The molecule has 6 heteroatoms. The predicted molar refractivity (Wildman–Crippen MR) is 75.3 cm³/mol. The van der Waals surface area contributed by atoms with Crippen molar-refractivity contribution in [3.8, 4) is 0 Å². The zero-order chi connectivity index (χ0) is 15.0. The number of carboxylic acids is 1. The van der Waals surface area contributed by atoms with Crippen LogP contribution in [0.15, 0.2) is 24.3 Å². The molecule has 1 aromatic rings. The lowest BCUT2D eigenvalue weighted by atomic mass is 9.67. The molecule has 1 unspecified atom stereocenters. The molecule has 2 heterocycles. The zero-order valence-corrected chi connectivity index (χ0v) is 11.6. The van der Waals surface area contributed by atoms with Gasteiger partial charge >= 0.3 is 12.1 Å². The number of nitrogens with one attached hydrogen (secondary N) is 1. The fraction of sp³-hybridized carbons (Fsp3) is 0.467. The van der Waals surface area contributed by atoms with Gasteiger partial charge in [-0.3, -0.25) is 4.90 Å². The molecule has 1 fully saturated rings. The topological polar surface area (TPSA) is 89.9 Å². The predicted octanol–water partition coefficient (Wildman–Crippen LogP) is 1.43. The minimum Gasteiger partial charge on any atom is -0.479 e. The number of benzene rings is 1. The van der Waals surface area contributed by atoms with E-state index in [9.17, 15) is 19.8 Å². The molecule has 2 aliphatic rings. The molecule has 2 aliphatic heterocycles. The smallest absolute Gasteiger partial charge is 0.408 e. The van der Waals surface area contributed by atoms with Crippen LogP contribution in [0.4, 0.5) is 4.79 Å². The lowest BCUT2D eigenvalue weighted by Crippen LogP contribution is -2.55. The molecule has 21 heavy (non-hydrogen) atoms. The van der Waals surface area contributed by atoms with Crippen molar-refractivity contribution in [1.29, 1.82) is 0 Å². The van der Waals surface area contributed by atoms with Gasteiger partial charge < -0.3 is 15.5 Å². The molecule has 1 spiro atoms. The van der Waals surface area contributed by atoms with E-state index in [1.807, 2.05) is 12.1 Å². The van der Waals surface area contributed by atoms with Crippen molar-refractivity contribution < 1.29 is 19.8 Å². The number of nitrogens with zero attached hydrogens (tertiary/aromatic N) is 1. The van der Waals surface area contributed by atoms with Crippen LogP contribution in [0.25, 0.3) is 0 Å². The molecular weight excluding hydrogens is 272 g/mol. The number of piperidine rings is 1. The number of amides is 1. The average molecular weight is 290 g/mol. The van der Waals surface area contributed by atoms with Crippen molar-refractivity contribution in [3.05, 3.63) is 35.4 Å². The lowest BCUT2D eigenvalue weighted by Gasteiger charge is -2.48. The highest BCUT2D eigenvalue weighted by atomic mass is 16.4. The summed E-state index contributed by atoms with van der Waals surface area (Å²) in [6.07, 6.45) is 0.468. The summed E-state index contributed by atoms with van der Waals surface area (Å²) in [4.78, 5) is 24.2. The molecule has 0 aliphatic carbocycles. The fourth-order valence-electron chi connectivity index (χ4n) is 3.67. The SMILES string of the molecule is O=C(O)C1c2ccccc2C2(CCNCC2)CN1C(=O)O. The van der Waals surface area contributed by atoms with Crippen LogP contribution in [0.2, 0.25) is 0 Å². The van der Waals surface area contributed by atoms with Crippen molar-refractivity contribution in [3.63, 3.8) is 0 Å². The van der Waals surface area contributed by atoms with Gasteiger partial charge in [-0.1, -0.05) is 24.3 Å². The van der Waals surface area contributed by atoms with E-state index in [1.54, 1.807) is 12.1 Å². The van der Waals surface area contributed by atoms with Gasteiger partial charge in [-0.05, 0) is 37.1 Å². The molecule has 3 rings (SSSR count). The summed E-state index contributed by atoms with van der Waals surface area (Å²) in [6, 6.07) is 6.26. The molecule has 0 bridgehead atoms. The Morgan fingerprint density at radius 2 is 1.86 bits per heavy atom. The van der Waals surface area contributed by atoms with E-state index in [0.717, 1.165) is 36.4 Å². The minimum absolute atomic E-state index is 0.248. The Labute approximate surface area is 122 Å². The summed E-state index contributed by atoms with van der Waals surface area (Å²) >= 11 is 0. The van der Waals surface area contributed by atoms with Gasteiger partial charge in [0.25, 0.3) is 0 Å². The fourth-order valence-corrected chi connectivity index (χ4v) is 3.67. The van der Waals surface area contributed by atoms with Crippen molar-refractivity contribution in [1.82, 2.24) is 10.2 Å². The lowest BCUT2D eigenvalue weighted by molar-refractivity contribution is -0.143. The molecule has 0 radical (unpaired) electrons. The number of hydrogen-bond acceptors (Lipinski definition) is 3. The Hall–Kier alpha value is -2.08. The molecule has 6 nitrogen and oxygen atoms in total. The summed E-state index contributed by atoms with van der Waals surface area (Å²) in [5, 5.41) is 22.2. The number of carboxylic acid groups (broad SMARTS) is 2. The van der Waals surface area contributed by atoms with E-state index in [0.29, 0.717) is 5.56 Å². The summed E-state index contributed by atoms with van der Waals surface area (Å²) in [7, 11) is 0. The highest BCUT2D eigenvalue weighted by Crippen LogP contribution is 2.44. The van der Waals surface area contributed by atoms with Crippen LogP contribution >= 0.6 is 0 Å². The van der Waals surface area contributed by atoms with Crippen molar-refractivity contribution in [2.45, 2.75) is 24.3 Å². The Kier molecular flexibility index (Phi) is 3.33. The number of aliphatic carboxylic acids is 1. The van der Waals surface area contributed by atoms with Crippen LogP contribution in [-0.2, 0) is 10.2 Å². The number of hydrogen-bond donors (Lipinski definition) is 3. The quantitative estimate of drug-likeness (QED) is 0.728. The van der Waals surface area contributed by atoms with E-state index in [1.165, 1.54) is 0 Å². The third-order valence-electron chi connectivity index (χ3n) is 4.65. The normalized spacial score (nSPS) is 23.6. The van der Waals surface area contributed by atoms with E-state index in [-0.39, 0.29) is 12.0 Å². The van der Waals surface area contributed by atoms with Crippen molar-refractivity contribution in [2.24, 2.45) is 0 Å². The van der Waals surface area contributed by atoms with Crippen LogP contribution in [0, 0.1) is 0 Å². The maximum absolute atomic E-state index is 11.6. The summed E-state index contributed by atoms with van der Waals surface area (Å²) in [6.45, 7) is 1.89. The largest absolute Gasteiger partial charge is 0.479 e. The second-order valence-corrected chi connectivity index (χ2v) is 5.77. The molecule has 1 atom stereocenters. The summed E-state index contributed by atoms with van der Waals surface area (Å²) in [5.74, 6) is -1.12. The number of rotatable bonds is 1. The van der Waals surface area contributed by atoms with Crippen LogP contribution in [-0.4, -0.2) is 46.8 Å². The van der Waals surface area contributed by atoms with Gasteiger partial charge in [0, 0.05) is 12.0 Å². The summed E-state index contributed by atoms with van der Waals surface area (Å²) < 4.78 is 0. The number of fused-ring (bicyclic) bond motifs is 2. The van der Waals surface area contributed by atoms with Crippen LogP contribution < -0.4 is 5.32 Å². The molecular formula is C15H18N2O4. The third-order valence-corrected chi connectivity index (χ3v) is 4.65. The summed E-state index contributed by atoms with van der Waals surface area (Å²) in [5.41, 5.74) is 1.34. The highest BCUT2D eigenvalue weighted by molar-refractivity contribution is 5.82. The standard InChI is InChI=1S/C15H18N2O4/c18-13(19)12-10-3-1-2-4-11(10)15(5-7-16-8-6-15)9-17(12)14(20)21/h1-4,12,16H,5-9H2,(H,18,19)(H,20,21). The Bertz CT molecular complexity index is 581. The second kappa shape index (κ2) is 5.04. The van der Waals surface area contributed by atoms with Crippen molar-refractivity contribution >= 4 is 12.1 Å². The van der Waals surface area contributed by atoms with E-state index >= 15 is 0 Å². The molecule has 112 valence electrons. The molecule has 3 N–H and O–H groups in total. The molecule has 0 saturated carbocycles. The van der Waals surface area contributed by atoms with Gasteiger partial charge in [0.05, 0.1) is 0 Å². The maximum Gasteiger partial charge on any atom is 0.408 e. The number of carbonyl (C=O) groups is 2. The van der Waals surface area contributed by atoms with Gasteiger partial charge in [0.2, 0.25) is 0 Å². The Morgan fingerprint density at radius 1 is 1.19 bits per heavy atom. The van der Waals surface area contributed by atoms with Crippen molar-refractivity contribution in [2.75, 3.05) is 19.6 Å². The zero-order valence-electron chi connectivity index (χ0n) is 11.6. The first-order valence-electron chi connectivity index (χ1n) is 7.08. The molecule has 1 amide bonds. The first-order chi connectivity index (χ1) is 10.1. The van der Waals surface area contributed by atoms with Gasteiger partial charge in [0.15, 0.2) is 6.04 Å². The first-order valence-corrected chi connectivity index (χ1v) is 7.08. The Morgan fingerprint density at radius 3 is 2.48 bits per heavy atom. The van der Waals surface area contributed by atoms with Gasteiger partial charge in [-0.25, -0.2) is 9.59 Å². The third kappa shape index (κ3) is 2.15. The molecule has 0 aromatic heterocycles. The second-order valence-electron chi connectivity index (χ2n) is 5.77. The maximum atomic E-state index is 11.6. The van der Waals surface area contributed by atoms with Crippen LogP contribution in [0.5, 0.6) is 0 Å². The minimum atomic E-state index is -1.17. The molecule has 1 aromatic carbocycles. The monoisotopic (exact) mass is 290 g/mol. The molecule has 1 saturated heterocycles. The Balaban J connectivity index is 2.15. The van der Waals surface area contributed by atoms with E-state index < -0.39 is 18.1 Å². The van der Waals surface area contributed by atoms with Gasteiger partial charge in [0.1, 0.15) is 0 Å². The average Bonchev–Trinajstić information content (AvgIpc) is 2.47. The highest BCUT2D eigenvalue weighted by Gasteiger charge is 2.47. The van der Waals surface area contributed by atoms with E-state index in [4.69, 9.17) is 0 Å².